The largest absolute Gasteiger partial charge is 0.756 e. The Kier molecular flexibility index (Phi) is 26.8. The normalized spacial score (nSPS) is 14.5. The maximum absolute atomic E-state index is 11.8. The fraction of sp³-hybridized carbons (Fsp3) is 1.00. The van der Waals surface area contributed by atoms with Crippen molar-refractivity contribution in [3.05, 3.63) is 0 Å². The highest BCUT2D eigenvalue weighted by Gasteiger charge is 2.17. The van der Waals surface area contributed by atoms with Gasteiger partial charge in [0.25, 0.3) is 7.82 Å². The molecular weight excluding hydrogens is 517 g/mol. The molecule has 0 bridgehead atoms. The fourth-order valence-electron chi connectivity index (χ4n) is 4.42. The van der Waals surface area contributed by atoms with Gasteiger partial charge in [0.15, 0.2) is 0 Å². The number of rotatable bonds is 31. The van der Waals surface area contributed by atoms with Crippen LogP contribution in [0.25, 0.3) is 0 Å². The average molecular weight is 582 g/mol. The van der Waals surface area contributed by atoms with Gasteiger partial charge in [-0.2, -0.15) is 0 Å². The standard InChI is InChI=1S/C30H64NO7P/c1-5-6-7-8-9-10-11-12-13-14-15-16-17-18-19-20-21-22-23-24-26-35-28-30(38-32)29-37-39(33,34)36-27-25-31(2,3)4/h30H,5-29H2,1-4H3,(H-,32,33,34)/t30-/m1/s1. The van der Waals surface area contributed by atoms with Crippen molar-refractivity contribution in [3.63, 3.8) is 0 Å². The molecule has 8 nitrogen and oxygen atoms in total. The van der Waals surface area contributed by atoms with Gasteiger partial charge in [0.2, 0.25) is 0 Å². The summed E-state index contributed by atoms with van der Waals surface area (Å²) in [4.78, 5) is 16.1. The highest BCUT2D eigenvalue weighted by Crippen LogP contribution is 2.38. The van der Waals surface area contributed by atoms with Gasteiger partial charge in [-0.3, -0.25) is 9.82 Å². The zero-order chi connectivity index (χ0) is 29.1. The Morgan fingerprint density at radius 3 is 1.44 bits per heavy atom. The Morgan fingerprint density at radius 2 is 1.05 bits per heavy atom. The summed E-state index contributed by atoms with van der Waals surface area (Å²) in [6, 6.07) is 0. The molecule has 1 N–H and O–H groups in total. The third-order valence-electron chi connectivity index (χ3n) is 7.03. The minimum atomic E-state index is -4.43. The molecule has 0 aromatic heterocycles. The molecule has 39 heavy (non-hydrogen) atoms. The summed E-state index contributed by atoms with van der Waals surface area (Å²) in [6.45, 7) is 3.11. The van der Waals surface area contributed by atoms with Crippen molar-refractivity contribution in [2.75, 3.05) is 54.1 Å². The van der Waals surface area contributed by atoms with E-state index in [9.17, 15) is 9.46 Å². The van der Waals surface area contributed by atoms with Crippen LogP contribution in [-0.2, 0) is 23.2 Å². The second kappa shape index (κ2) is 26.8. The number of hydrogen-bond donors (Lipinski definition) is 1. The molecule has 2 atom stereocenters. The number of hydrogen-bond acceptors (Lipinski definition) is 7. The lowest BCUT2D eigenvalue weighted by Gasteiger charge is -2.27. The summed E-state index contributed by atoms with van der Waals surface area (Å²) in [6.07, 6.45) is 26.0. The summed E-state index contributed by atoms with van der Waals surface area (Å²) in [5, 5.41) is 8.98. The number of likely N-dealkylation sites (N-methyl/N-ethyl adjacent to an activating group) is 1. The minimum Gasteiger partial charge on any atom is -0.756 e. The predicted molar refractivity (Wildman–Crippen MR) is 159 cm³/mol. The molecule has 0 aliphatic rings. The molecule has 0 heterocycles. The summed E-state index contributed by atoms with van der Waals surface area (Å²) in [5.41, 5.74) is 0. The highest BCUT2D eigenvalue weighted by molar-refractivity contribution is 7.45. The Bertz CT molecular complexity index is 560. The van der Waals surface area contributed by atoms with Crippen LogP contribution in [0.1, 0.15) is 135 Å². The van der Waals surface area contributed by atoms with Crippen molar-refractivity contribution in [2.45, 2.75) is 141 Å². The van der Waals surface area contributed by atoms with E-state index in [0.29, 0.717) is 17.6 Å². The van der Waals surface area contributed by atoms with Crippen LogP contribution in [0, 0.1) is 0 Å². The van der Waals surface area contributed by atoms with E-state index in [-0.39, 0.29) is 19.8 Å². The second-order valence-electron chi connectivity index (χ2n) is 12.1. The van der Waals surface area contributed by atoms with Crippen molar-refractivity contribution in [1.82, 2.24) is 0 Å². The smallest absolute Gasteiger partial charge is 0.268 e. The van der Waals surface area contributed by atoms with Gasteiger partial charge in [0.05, 0.1) is 34.4 Å². The molecule has 0 saturated heterocycles. The zero-order valence-electron chi connectivity index (χ0n) is 26.0. The SMILES string of the molecule is CCCCCCCCCCCCCCCCCCCCCCOC[C@H](COP(=O)([O-])OCC[N+](C)(C)C)OO. The lowest BCUT2D eigenvalue weighted by molar-refractivity contribution is -0.870. The van der Waals surface area contributed by atoms with Crippen LogP contribution in [0.15, 0.2) is 0 Å². The van der Waals surface area contributed by atoms with Crippen LogP contribution < -0.4 is 4.89 Å². The Labute approximate surface area is 241 Å². The first kappa shape index (κ1) is 39.0. The van der Waals surface area contributed by atoms with Crippen LogP contribution in [-0.4, -0.2) is 70.0 Å². The van der Waals surface area contributed by atoms with Gasteiger partial charge in [0, 0.05) is 6.61 Å². The molecule has 1 unspecified atom stereocenters. The van der Waals surface area contributed by atoms with Gasteiger partial charge in [-0.15, -0.1) is 0 Å². The number of unbranched alkanes of at least 4 members (excludes halogenated alkanes) is 19. The molecule has 0 aliphatic carbocycles. The molecule has 0 amide bonds. The molecule has 9 heteroatoms. The van der Waals surface area contributed by atoms with E-state index in [0.717, 1.165) is 12.8 Å². The van der Waals surface area contributed by atoms with Crippen molar-refractivity contribution in [2.24, 2.45) is 0 Å². The first-order valence-corrected chi connectivity index (χ1v) is 17.4. The number of nitrogens with zero attached hydrogens (tertiary/aromatic N) is 1. The highest BCUT2D eigenvalue weighted by atomic mass is 31.2. The van der Waals surface area contributed by atoms with Gasteiger partial charge in [-0.05, 0) is 6.42 Å². The van der Waals surface area contributed by atoms with Crippen LogP contribution in [0.3, 0.4) is 0 Å². The average Bonchev–Trinajstić information content (AvgIpc) is 2.88. The lowest BCUT2D eigenvalue weighted by atomic mass is 10.0. The van der Waals surface area contributed by atoms with Crippen LogP contribution in [0.5, 0.6) is 0 Å². The summed E-state index contributed by atoms with van der Waals surface area (Å²) < 4.78 is 27.5. The van der Waals surface area contributed by atoms with Crippen molar-refractivity contribution in [3.8, 4) is 0 Å². The Hall–Kier alpha value is -0.0500. The molecule has 0 aromatic carbocycles. The van der Waals surface area contributed by atoms with Crippen molar-refractivity contribution >= 4 is 7.82 Å². The monoisotopic (exact) mass is 581 g/mol. The number of quaternary nitrogens is 1. The molecule has 0 rings (SSSR count). The topological polar surface area (TPSA) is 97.3 Å². The maximum atomic E-state index is 11.8. The van der Waals surface area contributed by atoms with Crippen molar-refractivity contribution < 1.29 is 37.9 Å². The summed E-state index contributed by atoms with van der Waals surface area (Å²) in [5.74, 6) is 0. The Balaban J connectivity index is 3.41. The fourth-order valence-corrected chi connectivity index (χ4v) is 5.15. The third-order valence-corrected chi connectivity index (χ3v) is 7.99. The van der Waals surface area contributed by atoms with Gasteiger partial charge in [-0.1, -0.05) is 129 Å². The third kappa shape index (κ3) is 30.7. The maximum Gasteiger partial charge on any atom is 0.268 e. The second-order valence-corrected chi connectivity index (χ2v) is 13.5. The zero-order valence-corrected chi connectivity index (χ0v) is 26.9. The van der Waals surface area contributed by atoms with Gasteiger partial charge < -0.3 is 23.2 Å². The van der Waals surface area contributed by atoms with Gasteiger partial charge >= 0.3 is 0 Å². The van der Waals surface area contributed by atoms with Gasteiger partial charge in [-0.25, -0.2) is 4.89 Å². The molecule has 0 saturated carbocycles. The number of phosphoric ester groups is 1. The van der Waals surface area contributed by atoms with Gasteiger partial charge in [0.1, 0.15) is 19.3 Å². The van der Waals surface area contributed by atoms with E-state index in [4.69, 9.17) is 19.0 Å². The predicted octanol–water partition coefficient (Wildman–Crippen LogP) is 7.89. The molecule has 0 fully saturated rings. The molecule has 0 aliphatic heterocycles. The lowest BCUT2D eigenvalue weighted by Crippen LogP contribution is -2.37. The van der Waals surface area contributed by atoms with E-state index >= 15 is 0 Å². The Morgan fingerprint density at radius 1 is 0.641 bits per heavy atom. The molecule has 0 radical (unpaired) electrons. The van der Waals surface area contributed by atoms with E-state index in [1.165, 1.54) is 116 Å². The first-order valence-electron chi connectivity index (χ1n) is 16.0. The van der Waals surface area contributed by atoms with E-state index < -0.39 is 13.9 Å². The summed E-state index contributed by atoms with van der Waals surface area (Å²) in [7, 11) is 1.38. The minimum absolute atomic E-state index is 0.0326. The van der Waals surface area contributed by atoms with Crippen LogP contribution in [0.2, 0.25) is 0 Å². The van der Waals surface area contributed by atoms with E-state index in [2.05, 4.69) is 11.8 Å². The molecular formula is C30H64NO7P. The van der Waals surface area contributed by atoms with Crippen LogP contribution >= 0.6 is 7.82 Å². The van der Waals surface area contributed by atoms with Crippen LogP contribution in [0.4, 0.5) is 0 Å². The first-order chi connectivity index (χ1) is 18.7. The number of phosphoric acid groups is 1. The summed E-state index contributed by atoms with van der Waals surface area (Å²) >= 11 is 0. The van der Waals surface area contributed by atoms with E-state index in [1.54, 1.807) is 0 Å². The van der Waals surface area contributed by atoms with Crippen molar-refractivity contribution in [1.29, 1.82) is 0 Å². The molecule has 0 aromatic rings. The number of ether oxygens (including phenoxy) is 1. The molecule has 0 spiro atoms. The quantitative estimate of drug-likeness (QED) is 0.0292. The molecule has 236 valence electrons. The van der Waals surface area contributed by atoms with E-state index in [1.807, 2.05) is 21.1 Å².